The number of ether oxygens (including phenoxy) is 1. The molecule has 2 aliphatic heterocycles. The van der Waals surface area contributed by atoms with Crippen LogP contribution >= 0.6 is 0 Å². The van der Waals surface area contributed by atoms with E-state index in [-0.39, 0.29) is 5.60 Å². The van der Waals surface area contributed by atoms with Crippen molar-refractivity contribution in [1.29, 1.82) is 0 Å². The number of carboxylic acids is 2. The van der Waals surface area contributed by atoms with Crippen LogP contribution in [0.4, 0.5) is 32.3 Å². The van der Waals surface area contributed by atoms with Crippen LogP contribution in [0, 0.1) is 0 Å². The minimum absolute atomic E-state index is 0.0101. The number of pyridine rings is 1. The Morgan fingerprint density at radius 2 is 1.56 bits per heavy atom. The highest BCUT2D eigenvalue weighted by atomic mass is 19.4. The van der Waals surface area contributed by atoms with Crippen molar-refractivity contribution in [3.8, 4) is 0 Å². The zero-order valence-corrected chi connectivity index (χ0v) is 20.5. The number of piperidine rings is 1. The van der Waals surface area contributed by atoms with E-state index in [0.717, 1.165) is 57.9 Å². The number of halogens is 6. The molecule has 3 N–H and O–H groups in total. The second kappa shape index (κ2) is 14.0. The number of aromatic nitrogens is 3. The molecule has 1 atom stereocenters. The number of carbonyl (C=O) groups is 2. The molecular formula is C23H27F6N5O5. The van der Waals surface area contributed by atoms with Crippen LogP contribution in [0.1, 0.15) is 31.2 Å². The molecule has 2 aromatic rings. The van der Waals surface area contributed by atoms with E-state index in [9.17, 15) is 26.3 Å². The Kier molecular flexibility index (Phi) is 11.4. The van der Waals surface area contributed by atoms with Gasteiger partial charge in [-0.25, -0.2) is 19.6 Å². The quantitative estimate of drug-likeness (QED) is 0.468. The van der Waals surface area contributed by atoms with Crippen LogP contribution in [-0.4, -0.2) is 85.7 Å². The third kappa shape index (κ3) is 11.4. The van der Waals surface area contributed by atoms with E-state index < -0.39 is 24.3 Å². The van der Waals surface area contributed by atoms with Crippen molar-refractivity contribution in [2.24, 2.45) is 0 Å². The van der Waals surface area contributed by atoms with Crippen LogP contribution in [-0.2, 0) is 20.9 Å². The van der Waals surface area contributed by atoms with E-state index in [4.69, 9.17) is 24.5 Å². The number of anilines is 1. The molecule has 1 unspecified atom stereocenters. The summed E-state index contributed by atoms with van der Waals surface area (Å²) < 4.78 is 69.7. The van der Waals surface area contributed by atoms with Crippen molar-refractivity contribution in [3.05, 3.63) is 48.5 Å². The highest BCUT2D eigenvalue weighted by molar-refractivity contribution is 5.73. The van der Waals surface area contributed by atoms with Crippen LogP contribution in [0.5, 0.6) is 0 Å². The molecule has 2 saturated heterocycles. The van der Waals surface area contributed by atoms with Gasteiger partial charge in [-0.2, -0.15) is 26.3 Å². The summed E-state index contributed by atoms with van der Waals surface area (Å²) in [6, 6.07) is 6.39. The van der Waals surface area contributed by atoms with Crippen LogP contribution in [0.15, 0.2) is 43.0 Å². The number of aliphatic carboxylic acids is 2. The van der Waals surface area contributed by atoms with Crippen molar-refractivity contribution < 1.29 is 50.9 Å². The van der Waals surface area contributed by atoms with Crippen LogP contribution < -0.4 is 5.32 Å². The van der Waals surface area contributed by atoms with Crippen molar-refractivity contribution in [3.63, 3.8) is 0 Å². The van der Waals surface area contributed by atoms with E-state index in [1.807, 2.05) is 24.5 Å². The van der Waals surface area contributed by atoms with Gasteiger partial charge in [0.25, 0.3) is 0 Å². The molecule has 0 aromatic carbocycles. The molecule has 16 heteroatoms. The van der Waals surface area contributed by atoms with Crippen LogP contribution in [0.25, 0.3) is 0 Å². The molecule has 0 bridgehead atoms. The zero-order valence-electron chi connectivity index (χ0n) is 20.5. The highest BCUT2D eigenvalue weighted by Gasteiger charge is 2.41. The first-order valence-electron chi connectivity index (χ1n) is 11.6. The third-order valence-corrected chi connectivity index (χ3v) is 5.77. The van der Waals surface area contributed by atoms with Crippen LogP contribution in [0.2, 0.25) is 0 Å². The molecule has 0 aliphatic carbocycles. The minimum Gasteiger partial charge on any atom is -0.475 e. The van der Waals surface area contributed by atoms with Gasteiger partial charge in [0.15, 0.2) is 0 Å². The number of hydrogen-bond acceptors (Lipinski definition) is 8. The van der Waals surface area contributed by atoms with Crippen molar-refractivity contribution >= 4 is 17.9 Å². The minimum atomic E-state index is -5.08. The molecule has 2 aromatic heterocycles. The Hall–Kier alpha value is -3.53. The van der Waals surface area contributed by atoms with Gasteiger partial charge in [-0.3, -0.25) is 9.88 Å². The van der Waals surface area contributed by atoms with Gasteiger partial charge >= 0.3 is 24.3 Å². The maximum Gasteiger partial charge on any atom is 0.490 e. The second-order valence-corrected chi connectivity index (χ2v) is 8.68. The Morgan fingerprint density at radius 1 is 1.00 bits per heavy atom. The number of alkyl halides is 6. The molecule has 0 amide bonds. The standard InChI is InChI=1S/C19H25N5O.2C2HF3O2/c1-3-16(14-20-7-1)15-24-10-5-19(6-11-24)13-17(4-12-25-19)23-18-21-8-2-9-22-18;2*3-2(4,5)1(6)7/h1-3,7-9,14,17H,4-6,10-13,15H2,(H,21,22,23);2*(H,6,7). The van der Waals surface area contributed by atoms with Gasteiger partial charge in [-0.1, -0.05) is 6.07 Å². The molecule has 0 radical (unpaired) electrons. The van der Waals surface area contributed by atoms with Gasteiger partial charge in [0.05, 0.1) is 5.60 Å². The van der Waals surface area contributed by atoms with Gasteiger partial charge in [-0.15, -0.1) is 0 Å². The highest BCUT2D eigenvalue weighted by Crippen LogP contribution is 2.36. The Balaban J connectivity index is 0.000000317. The molecule has 4 heterocycles. The predicted octanol–water partition coefficient (Wildman–Crippen LogP) is 3.76. The SMILES string of the molecule is O=C(O)C(F)(F)F.O=C(O)C(F)(F)F.c1cnc(NC2CCOC3(CCN(Cc4cccnc4)CC3)C2)nc1. The normalized spacial score (nSPS) is 19.1. The zero-order chi connectivity index (χ0) is 29.1. The summed E-state index contributed by atoms with van der Waals surface area (Å²) in [5.41, 5.74) is 1.29. The van der Waals surface area contributed by atoms with E-state index >= 15 is 0 Å². The summed E-state index contributed by atoms with van der Waals surface area (Å²) in [6.07, 6.45) is 1.39. The number of carboxylic acid groups (broad SMARTS) is 2. The fourth-order valence-corrected chi connectivity index (χ4v) is 3.92. The summed E-state index contributed by atoms with van der Waals surface area (Å²) in [6.45, 7) is 3.93. The average Bonchev–Trinajstić information content (AvgIpc) is 2.87. The first-order valence-corrected chi connectivity index (χ1v) is 11.6. The summed E-state index contributed by atoms with van der Waals surface area (Å²) in [4.78, 5) is 33.1. The predicted molar refractivity (Wildman–Crippen MR) is 123 cm³/mol. The van der Waals surface area contributed by atoms with E-state index in [2.05, 4.69) is 31.2 Å². The molecule has 4 rings (SSSR count). The molecule has 2 aliphatic rings. The summed E-state index contributed by atoms with van der Waals surface area (Å²) in [5.74, 6) is -4.79. The van der Waals surface area contributed by atoms with Crippen molar-refractivity contribution in [2.75, 3.05) is 25.0 Å². The lowest BCUT2D eigenvalue weighted by Gasteiger charge is -2.46. The lowest BCUT2D eigenvalue weighted by Crippen LogP contribution is -2.51. The van der Waals surface area contributed by atoms with Crippen molar-refractivity contribution in [2.45, 2.75) is 56.2 Å². The average molecular weight is 567 g/mol. The first kappa shape index (κ1) is 31.7. The molecular weight excluding hydrogens is 540 g/mol. The maximum absolute atomic E-state index is 10.6. The lowest BCUT2D eigenvalue weighted by molar-refractivity contribution is -0.193. The Morgan fingerprint density at radius 3 is 2.05 bits per heavy atom. The van der Waals surface area contributed by atoms with E-state index in [0.29, 0.717) is 6.04 Å². The summed E-state index contributed by atoms with van der Waals surface area (Å²) in [5, 5.41) is 17.7. The molecule has 2 fully saturated rings. The molecule has 0 saturated carbocycles. The number of nitrogens with one attached hydrogen (secondary N) is 1. The maximum atomic E-state index is 10.6. The summed E-state index contributed by atoms with van der Waals surface area (Å²) >= 11 is 0. The van der Waals surface area contributed by atoms with Gasteiger partial charge in [0.1, 0.15) is 0 Å². The summed E-state index contributed by atoms with van der Waals surface area (Å²) in [7, 11) is 0. The number of likely N-dealkylation sites (tertiary alicyclic amines) is 1. The molecule has 39 heavy (non-hydrogen) atoms. The Bertz CT molecular complexity index is 1010. The Labute approximate surface area is 219 Å². The smallest absolute Gasteiger partial charge is 0.475 e. The largest absolute Gasteiger partial charge is 0.490 e. The van der Waals surface area contributed by atoms with E-state index in [1.165, 1.54) is 5.56 Å². The second-order valence-electron chi connectivity index (χ2n) is 8.68. The monoisotopic (exact) mass is 567 g/mol. The number of rotatable bonds is 4. The van der Waals surface area contributed by atoms with E-state index in [1.54, 1.807) is 12.4 Å². The van der Waals surface area contributed by atoms with Crippen LogP contribution in [0.3, 0.4) is 0 Å². The molecule has 1 spiro atoms. The number of hydrogen-bond donors (Lipinski definition) is 3. The van der Waals surface area contributed by atoms with Gasteiger partial charge in [0.2, 0.25) is 5.95 Å². The van der Waals surface area contributed by atoms with Gasteiger partial charge in [0, 0.05) is 57.1 Å². The fourth-order valence-electron chi connectivity index (χ4n) is 3.92. The first-order chi connectivity index (χ1) is 18.2. The third-order valence-electron chi connectivity index (χ3n) is 5.77. The molecule has 216 valence electrons. The van der Waals surface area contributed by atoms with Crippen molar-refractivity contribution in [1.82, 2.24) is 19.9 Å². The topological polar surface area (TPSA) is 138 Å². The van der Waals surface area contributed by atoms with Gasteiger partial charge < -0.3 is 20.3 Å². The van der Waals surface area contributed by atoms with Gasteiger partial charge in [-0.05, 0) is 43.4 Å². The lowest BCUT2D eigenvalue weighted by atomic mass is 9.82. The fraction of sp³-hybridized carbons (Fsp3) is 0.522. The number of nitrogens with zero attached hydrogens (tertiary/aromatic N) is 4. The molecule has 10 nitrogen and oxygen atoms in total.